The summed E-state index contributed by atoms with van der Waals surface area (Å²) in [5, 5.41) is 2.68. The molecule has 0 saturated heterocycles. The van der Waals surface area contributed by atoms with Gasteiger partial charge in [-0.25, -0.2) is 0 Å². The van der Waals surface area contributed by atoms with Gasteiger partial charge in [-0.3, -0.25) is 24.1 Å². The molecule has 7 nitrogen and oxygen atoms in total. The first-order chi connectivity index (χ1) is 13.3. The van der Waals surface area contributed by atoms with E-state index in [0.717, 1.165) is 4.90 Å². The molecule has 0 radical (unpaired) electrons. The number of carbonyl (C=O) groups excluding carboxylic acids is 4. The monoisotopic (exact) mass is 375 g/mol. The Morgan fingerprint density at radius 1 is 1.11 bits per heavy atom. The zero-order valence-electron chi connectivity index (χ0n) is 15.4. The summed E-state index contributed by atoms with van der Waals surface area (Å²) in [5.74, 6) is 0.792. The molecule has 0 atom stereocenters. The van der Waals surface area contributed by atoms with E-state index in [1.165, 1.54) is 37.2 Å². The molecule has 2 aromatic carbocycles. The number of carbonyl (C=O) groups is 4. The van der Waals surface area contributed by atoms with Gasteiger partial charge in [-0.1, -0.05) is 12.0 Å². The normalized spacial score (nSPS) is 12.4. The molecule has 7 heteroatoms. The lowest BCUT2D eigenvalue weighted by Gasteiger charge is -2.17. The number of benzene rings is 2. The number of fused-ring (bicyclic) bond motifs is 1. The van der Waals surface area contributed by atoms with Crippen LogP contribution < -0.4 is 5.32 Å². The van der Waals surface area contributed by atoms with Gasteiger partial charge in [0.1, 0.15) is 0 Å². The van der Waals surface area contributed by atoms with Gasteiger partial charge in [0.25, 0.3) is 17.7 Å². The quantitative estimate of drug-likeness (QED) is 0.650. The smallest absolute Gasteiger partial charge is 0.261 e. The minimum atomic E-state index is -0.455. The fourth-order valence-corrected chi connectivity index (χ4v) is 2.89. The maximum Gasteiger partial charge on any atom is 0.261 e. The summed E-state index contributed by atoms with van der Waals surface area (Å²) in [7, 11) is 2.86. The van der Waals surface area contributed by atoms with Gasteiger partial charge >= 0.3 is 0 Å². The van der Waals surface area contributed by atoms with Gasteiger partial charge in [-0.05, 0) is 36.4 Å². The van der Waals surface area contributed by atoms with E-state index in [4.69, 9.17) is 6.42 Å². The standard InChI is InChI=1S/C21H17N3O4/c1-4-13-6-5-7-15(10-13)22-18(25)12-23(2)19(26)14-8-9-16-17(11-14)21(28)24(3)20(16)27/h1,5-11H,12H2,2-3H3,(H,22,25). The molecule has 1 aliphatic rings. The highest BCUT2D eigenvalue weighted by Gasteiger charge is 2.33. The number of anilines is 1. The summed E-state index contributed by atoms with van der Waals surface area (Å²) in [6.07, 6.45) is 5.34. The molecule has 1 N–H and O–H groups in total. The first kappa shape index (κ1) is 18.9. The van der Waals surface area contributed by atoms with E-state index in [-0.39, 0.29) is 23.2 Å². The molecule has 1 heterocycles. The highest BCUT2D eigenvalue weighted by Crippen LogP contribution is 2.23. The Balaban J connectivity index is 1.70. The number of rotatable bonds is 4. The molecule has 0 aromatic heterocycles. The van der Waals surface area contributed by atoms with Crippen molar-refractivity contribution < 1.29 is 19.2 Å². The largest absolute Gasteiger partial charge is 0.332 e. The van der Waals surface area contributed by atoms with Crippen molar-refractivity contribution in [3.05, 3.63) is 64.7 Å². The third-order valence-corrected chi connectivity index (χ3v) is 4.38. The average molecular weight is 375 g/mol. The molecular formula is C21H17N3O4. The number of likely N-dealkylation sites (N-methyl/N-ethyl adjacent to an activating group) is 1. The summed E-state index contributed by atoms with van der Waals surface area (Å²) in [6.45, 7) is -0.191. The number of hydrogen-bond donors (Lipinski definition) is 1. The predicted molar refractivity (Wildman–Crippen MR) is 103 cm³/mol. The number of terminal acetylenes is 1. The minimum absolute atomic E-state index is 0.183. The molecule has 1 aliphatic heterocycles. The Kier molecular flexibility index (Phi) is 4.96. The van der Waals surface area contributed by atoms with Crippen LogP contribution in [0.1, 0.15) is 36.6 Å². The van der Waals surface area contributed by atoms with Crippen molar-refractivity contribution in [2.24, 2.45) is 0 Å². The summed E-state index contributed by atoms with van der Waals surface area (Å²) < 4.78 is 0. The van der Waals surface area contributed by atoms with Crippen molar-refractivity contribution in [3.63, 3.8) is 0 Å². The predicted octanol–water partition coefficient (Wildman–Crippen LogP) is 1.60. The molecule has 2 aromatic rings. The van der Waals surface area contributed by atoms with Crippen LogP contribution in [-0.4, -0.2) is 54.1 Å². The second-order valence-corrected chi connectivity index (χ2v) is 6.36. The molecule has 0 unspecified atom stereocenters. The van der Waals surface area contributed by atoms with E-state index in [0.29, 0.717) is 11.3 Å². The first-order valence-electron chi connectivity index (χ1n) is 8.40. The summed E-state index contributed by atoms with van der Waals surface area (Å²) in [5.41, 5.74) is 1.83. The van der Waals surface area contributed by atoms with Gasteiger partial charge in [0.2, 0.25) is 5.91 Å². The summed E-state index contributed by atoms with van der Waals surface area (Å²) in [6, 6.07) is 11.1. The van der Waals surface area contributed by atoms with Gasteiger partial charge in [0.05, 0.1) is 17.7 Å². The lowest BCUT2D eigenvalue weighted by atomic mass is 10.0. The third-order valence-electron chi connectivity index (χ3n) is 4.38. The number of amides is 4. The van der Waals surface area contributed by atoms with Crippen LogP contribution in [0.25, 0.3) is 0 Å². The number of hydrogen-bond acceptors (Lipinski definition) is 4. The summed E-state index contributed by atoms with van der Waals surface area (Å²) >= 11 is 0. The van der Waals surface area contributed by atoms with E-state index in [9.17, 15) is 19.2 Å². The topological polar surface area (TPSA) is 86.8 Å². The van der Waals surface area contributed by atoms with Crippen molar-refractivity contribution >= 4 is 29.3 Å². The second-order valence-electron chi connectivity index (χ2n) is 6.36. The molecule has 0 fully saturated rings. The Labute approximate surface area is 161 Å². The van der Waals surface area contributed by atoms with Gasteiger partial charge < -0.3 is 10.2 Å². The number of nitrogens with one attached hydrogen (secondary N) is 1. The molecule has 140 valence electrons. The van der Waals surface area contributed by atoms with Crippen LogP contribution in [0.3, 0.4) is 0 Å². The highest BCUT2D eigenvalue weighted by atomic mass is 16.2. The van der Waals surface area contributed by atoms with Crippen LogP contribution in [0, 0.1) is 12.3 Å². The van der Waals surface area contributed by atoms with E-state index < -0.39 is 23.6 Å². The fraction of sp³-hybridized carbons (Fsp3) is 0.143. The fourth-order valence-electron chi connectivity index (χ4n) is 2.89. The first-order valence-corrected chi connectivity index (χ1v) is 8.40. The van der Waals surface area contributed by atoms with Gasteiger partial charge in [0.15, 0.2) is 0 Å². The van der Waals surface area contributed by atoms with Crippen LogP contribution in [0.4, 0.5) is 5.69 Å². The Morgan fingerprint density at radius 2 is 1.82 bits per heavy atom. The van der Waals surface area contributed by atoms with Crippen LogP contribution in [0.5, 0.6) is 0 Å². The lowest BCUT2D eigenvalue weighted by molar-refractivity contribution is -0.116. The number of imide groups is 1. The second kappa shape index (κ2) is 7.37. The van der Waals surface area contributed by atoms with Crippen molar-refractivity contribution in [2.45, 2.75) is 0 Å². The van der Waals surface area contributed by atoms with Gasteiger partial charge in [-0.15, -0.1) is 6.42 Å². The van der Waals surface area contributed by atoms with E-state index >= 15 is 0 Å². The number of nitrogens with zero attached hydrogens (tertiary/aromatic N) is 2. The summed E-state index contributed by atoms with van der Waals surface area (Å²) in [4.78, 5) is 51.1. The van der Waals surface area contributed by atoms with Crippen LogP contribution >= 0.6 is 0 Å². The third kappa shape index (κ3) is 3.48. The molecule has 0 saturated carbocycles. The van der Waals surface area contributed by atoms with E-state index in [2.05, 4.69) is 11.2 Å². The molecule has 4 amide bonds. The minimum Gasteiger partial charge on any atom is -0.332 e. The van der Waals surface area contributed by atoms with Gasteiger partial charge in [-0.2, -0.15) is 0 Å². The van der Waals surface area contributed by atoms with E-state index in [1.54, 1.807) is 24.3 Å². The zero-order valence-corrected chi connectivity index (χ0v) is 15.4. The maximum atomic E-state index is 12.6. The molecule has 0 spiro atoms. The molecule has 28 heavy (non-hydrogen) atoms. The van der Waals surface area contributed by atoms with Crippen molar-refractivity contribution in [3.8, 4) is 12.3 Å². The molecular weight excluding hydrogens is 358 g/mol. The van der Waals surface area contributed by atoms with Crippen LogP contribution in [-0.2, 0) is 4.79 Å². The highest BCUT2D eigenvalue weighted by molar-refractivity contribution is 6.21. The SMILES string of the molecule is C#Cc1cccc(NC(=O)CN(C)C(=O)c2ccc3c(c2)C(=O)N(C)C3=O)c1. The van der Waals surface area contributed by atoms with Crippen LogP contribution in [0.15, 0.2) is 42.5 Å². The van der Waals surface area contributed by atoms with Crippen molar-refractivity contribution in [1.29, 1.82) is 0 Å². The average Bonchev–Trinajstić information content (AvgIpc) is 2.91. The Morgan fingerprint density at radius 3 is 2.54 bits per heavy atom. The Bertz CT molecular complexity index is 1050. The maximum absolute atomic E-state index is 12.6. The Hall–Kier alpha value is -3.92. The van der Waals surface area contributed by atoms with Crippen molar-refractivity contribution in [2.75, 3.05) is 26.0 Å². The van der Waals surface area contributed by atoms with E-state index in [1.807, 2.05) is 0 Å². The lowest BCUT2D eigenvalue weighted by Crippen LogP contribution is -2.35. The molecule has 3 rings (SSSR count). The van der Waals surface area contributed by atoms with Crippen LogP contribution in [0.2, 0.25) is 0 Å². The molecule has 0 bridgehead atoms. The van der Waals surface area contributed by atoms with Gasteiger partial charge in [0, 0.05) is 30.9 Å². The van der Waals surface area contributed by atoms with Crippen molar-refractivity contribution in [1.82, 2.24) is 9.80 Å². The zero-order chi connectivity index (χ0) is 20.4. The molecule has 0 aliphatic carbocycles.